The molecule has 3 aromatic rings. The molecule has 4 rings (SSSR count). The van der Waals surface area contributed by atoms with Gasteiger partial charge in [0.1, 0.15) is 22.9 Å². The first-order chi connectivity index (χ1) is 18.9. The van der Waals surface area contributed by atoms with Crippen molar-refractivity contribution in [3.05, 3.63) is 99.4 Å². The van der Waals surface area contributed by atoms with E-state index in [9.17, 15) is 39.5 Å². The maximum atomic E-state index is 14.9. The number of hydrogen-bond acceptors (Lipinski definition) is 1. The topological polar surface area (TPSA) is 9.23 Å². The highest BCUT2D eigenvalue weighted by Gasteiger charge is 2.41. The summed E-state index contributed by atoms with van der Waals surface area (Å²) >= 11 is 0. The van der Waals surface area contributed by atoms with Crippen molar-refractivity contribution in [3.8, 4) is 5.75 Å². The van der Waals surface area contributed by atoms with Gasteiger partial charge in [-0.3, -0.25) is 0 Å². The summed E-state index contributed by atoms with van der Waals surface area (Å²) < 4.78 is 132. The lowest BCUT2D eigenvalue weighted by atomic mass is 9.77. The minimum absolute atomic E-state index is 0.0279. The third-order valence-electron chi connectivity index (χ3n) is 7.45. The number of benzene rings is 3. The van der Waals surface area contributed by atoms with Crippen molar-refractivity contribution >= 4 is 0 Å². The van der Waals surface area contributed by atoms with Crippen molar-refractivity contribution < 1.29 is 44.3 Å². The van der Waals surface area contributed by atoms with Gasteiger partial charge in [-0.15, -0.1) is 0 Å². The highest BCUT2D eigenvalue weighted by molar-refractivity contribution is 5.33. The zero-order chi connectivity index (χ0) is 29.2. The summed E-state index contributed by atoms with van der Waals surface area (Å²) in [5, 5.41) is 0. The number of aryl methyl sites for hydroxylation is 2. The fraction of sp³-hybridized carbons (Fsp3) is 0.400. The summed E-state index contributed by atoms with van der Waals surface area (Å²) in [6.07, 6.45) is 0.561. The monoisotopic (exact) mass is 574 g/mol. The van der Waals surface area contributed by atoms with Gasteiger partial charge in [0, 0.05) is 12.1 Å². The standard InChI is InChI=1S/C30H27F9O/c1-2-3-16-4-7-18(8-5-16)21-11-10-19(27(35)28(21)36)9-6-17-12-22(31)26(23(32)13-17)30(38,39)40-20-14-24(33)29(37)25(34)15-20/h10-16,18H,2-9H2,1H3. The van der Waals surface area contributed by atoms with E-state index in [1.54, 1.807) is 0 Å². The molecule has 0 bridgehead atoms. The van der Waals surface area contributed by atoms with E-state index in [4.69, 9.17) is 0 Å². The van der Waals surface area contributed by atoms with Gasteiger partial charge >= 0.3 is 6.11 Å². The van der Waals surface area contributed by atoms with Gasteiger partial charge in [0.15, 0.2) is 29.1 Å². The fourth-order valence-corrected chi connectivity index (χ4v) is 5.40. The van der Waals surface area contributed by atoms with Gasteiger partial charge in [0.25, 0.3) is 0 Å². The molecule has 40 heavy (non-hydrogen) atoms. The summed E-state index contributed by atoms with van der Waals surface area (Å²) in [7, 11) is 0. The molecule has 3 aromatic carbocycles. The molecule has 0 N–H and O–H groups in total. The van der Waals surface area contributed by atoms with Gasteiger partial charge in [-0.05, 0) is 79.2 Å². The van der Waals surface area contributed by atoms with Gasteiger partial charge in [-0.1, -0.05) is 31.9 Å². The first-order valence-corrected chi connectivity index (χ1v) is 13.1. The Morgan fingerprint density at radius 2 is 1.32 bits per heavy atom. The van der Waals surface area contributed by atoms with Crippen LogP contribution in [-0.4, -0.2) is 0 Å². The van der Waals surface area contributed by atoms with Crippen molar-refractivity contribution in [1.29, 1.82) is 0 Å². The molecule has 0 unspecified atom stereocenters. The lowest BCUT2D eigenvalue weighted by Crippen LogP contribution is -2.25. The normalized spacial score (nSPS) is 17.8. The van der Waals surface area contributed by atoms with Crippen LogP contribution in [0, 0.1) is 46.6 Å². The van der Waals surface area contributed by atoms with Crippen molar-refractivity contribution in [1.82, 2.24) is 0 Å². The SMILES string of the molecule is CCCC1CCC(c2ccc(CCc3cc(F)c(C(F)(F)Oc4cc(F)c(F)c(F)c4)c(F)c3)c(F)c2F)CC1. The molecule has 0 aliphatic heterocycles. The third-order valence-corrected chi connectivity index (χ3v) is 7.45. The molecule has 0 spiro atoms. The molecule has 0 heterocycles. The molecule has 1 aliphatic rings. The molecule has 1 nitrogen and oxygen atoms in total. The first kappa shape index (κ1) is 29.8. The average molecular weight is 575 g/mol. The maximum absolute atomic E-state index is 14.9. The van der Waals surface area contributed by atoms with E-state index in [1.165, 1.54) is 12.1 Å². The van der Waals surface area contributed by atoms with Crippen molar-refractivity contribution in [2.45, 2.75) is 70.3 Å². The summed E-state index contributed by atoms with van der Waals surface area (Å²) in [6, 6.07) is 4.33. The molecule has 0 saturated heterocycles. The van der Waals surface area contributed by atoms with Crippen LogP contribution in [0.15, 0.2) is 36.4 Å². The second-order valence-corrected chi connectivity index (χ2v) is 10.2. The first-order valence-electron chi connectivity index (χ1n) is 13.1. The molecule has 10 heteroatoms. The van der Waals surface area contributed by atoms with E-state index >= 15 is 0 Å². The second kappa shape index (κ2) is 12.1. The van der Waals surface area contributed by atoms with E-state index in [1.807, 2.05) is 0 Å². The Balaban J connectivity index is 1.46. The van der Waals surface area contributed by atoms with E-state index in [2.05, 4.69) is 11.7 Å². The summed E-state index contributed by atoms with van der Waals surface area (Å²) in [5.74, 6) is -11.7. The Morgan fingerprint density at radius 1 is 0.725 bits per heavy atom. The van der Waals surface area contributed by atoms with Crippen molar-refractivity contribution in [2.24, 2.45) is 5.92 Å². The molecular weight excluding hydrogens is 547 g/mol. The molecule has 1 fully saturated rings. The largest absolute Gasteiger partial charge is 0.432 e. The van der Waals surface area contributed by atoms with E-state index in [-0.39, 0.29) is 42.0 Å². The van der Waals surface area contributed by atoms with Crippen LogP contribution in [0.1, 0.15) is 73.6 Å². The fourth-order valence-electron chi connectivity index (χ4n) is 5.40. The van der Waals surface area contributed by atoms with E-state index in [0.29, 0.717) is 23.6 Å². The molecular formula is C30H27F9O. The lowest BCUT2D eigenvalue weighted by molar-refractivity contribution is -0.189. The quantitative estimate of drug-likeness (QED) is 0.183. The van der Waals surface area contributed by atoms with E-state index < -0.39 is 58.1 Å². The summed E-state index contributed by atoms with van der Waals surface area (Å²) in [4.78, 5) is 0. The van der Waals surface area contributed by atoms with Crippen LogP contribution in [0.4, 0.5) is 39.5 Å². The molecule has 0 atom stereocenters. The van der Waals surface area contributed by atoms with Crippen LogP contribution in [0.5, 0.6) is 5.75 Å². The third kappa shape index (κ3) is 6.41. The van der Waals surface area contributed by atoms with Crippen LogP contribution in [0.3, 0.4) is 0 Å². The maximum Gasteiger partial charge on any atom is 0.432 e. The van der Waals surface area contributed by atoms with Crippen LogP contribution < -0.4 is 4.74 Å². The zero-order valence-corrected chi connectivity index (χ0v) is 21.6. The summed E-state index contributed by atoms with van der Waals surface area (Å²) in [5.41, 5.74) is -1.68. The predicted octanol–water partition coefficient (Wildman–Crippen LogP) is 9.65. The Hall–Kier alpha value is -3.17. The molecule has 1 saturated carbocycles. The highest BCUT2D eigenvalue weighted by Crippen LogP contribution is 2.40. The van der Waals surface area contributed by atoms with Gasteiger partial charge < -0.3 is 4.74 Å². The van der Waals surface area contributed by atoms with Crippen molar-refractivity contribution in [3.63, 3.8) is 0 Å². The van der Waals surface area contributed by atoms with Crippen LogP contribution in [0.25, 0.3) is 0 Å². The Bertz CT molecular complexity index is 1320. The number of ether oxygens (including phenoxy) is 1. The van der Waals surface area contributed by atoms with Crippen LogP contribution in [-0.2, 0) is 19.0 Å². The number of alkyl halides is 2. The highest BCUT2D eigenvalue weighted by atomic mass is 19.3. The number of halogens is 9. The Kier molecular flexibility index (Phi) is 9.05. The smallest absolute Gasteiger partial charge is 0.429 e. The van der Waals surface area contributed by atoms with Gasteiger partial charge in [-0.25, -0.2) is 30.7 Å². The van der Waals surface area contributed by atoms with Crippen LogP contribution >= 0.6 is 0 Å². The minimum Gasteiger partial charge on any atom is -0.429 e. The number of hydrogen-bond donors (Lipinski definition) is 0. The Labute approximate surface area is 226 Å². The minimum atomic E-state index is -4.72. The number of rotatable bonds is 9. The molecule has 0 radical (unpaired) electrons. The Morgan fingerprint density at radius 3 is 1.90 bits per heavy atom. The zero-order valence-electron chi connectivity index (χ0n) is 21.6. The average Bonchev–Trinajstić information content (AvgIpc) is 2.88. The molecule has 0 aromatic heterocycles. The van der Waals surface area contributed by atoms with E-state index in [0.717, 1.165) is 38.5 Å². The molecule has 216 valence electrons. The van der Waals surface area contributed by atoms with Gasteiger partial charge in [0.05, 0.1) is 0 Å². The van der Waals surface area contributed by atoms with Gasteiger partial charge in [-0.2, -0.15) is 8.78 Å². The van der Waals surface area contributed by atoms with Crippen LogP contribution in [0.2, 0.25) is 0 Å². The van der Waals surface area contributed by atoms with Crippen molar-refractivity contribution in [2.75, 3.05) is 0 Å². The lowest BCUT2D eigenvalue weighted by Gasteiger charge is -2.29. The predicted molar refractivity (Wildman–Crippen MR) is 131 cm³/mol. The second-order valence-electron chi connectivity index (χ2n) is 10.2. The van der Waals surface area contributed by atoms with Gasteiger partial charge in [0.2, 0.25) is 0 Å². The summed E-state index contributed by atoms with van der Waals surface area (Å²) in [6.45, 7) is 2.11. The molecule has 0 amide bonds. The molecule has 1 aliphatic carbocycles.